The highest BCUT2D eigenvalue weighted by Gasteiger charge is 2.18. The van der Waals surface area contributed by atoms with Crippen LogP contribution in [0.3, 0.4) is 0 Å². The summed E-state index contributed by atoms with van der Waals surface area (Å²) in [5, 5.41) is 13.7. The molecule has 0 radical (unpaired) electrons. The lowest BCUT2D eigenvalue weighted by Gasteiger charge is -2.11. The Balaban J connectivity index is 1.32. The fraction of sp³-hybridized carbons (Fsp3) is 0. The smallest absolute Gasteiger partial charge is 0.145 e. The molecule has 4 nitrogen and oxygen atoms in total. The maximum Gasteiger partial charge on any atom is 0.145 e. The molecule has 0 aliphatic heterocycles. The number of furan rings is 1. The van der Waals surface area contributed by atoms with Crippen molar-refractivity contribution in [1.29, 1.82) is 5.26 Å². The number of para-hydroxylation sites is 2. The number of nitriles is 1. The average Bonchev–Trinajstić information content (AvgIpc) is 3.57. The zero-order valence-corrected chi connectivity index (χ0v) is 21.4. The Bertz CT molecular complexity index is 2280. The molecule has 4 heteroatoms. The Morgan fingerprint density at radius 1 is 0.600 bits per heavy atom. The molecule has 0 amide bonds. The van der Waals surface area contributed by atoms with Crippen molar-refractivity contribution in [1.82, 2.24) is 9.55 Å². The third kappa shape index (κ3) is 3.35. The first-order valence-corrected chi connectivity index (χ1v) is 13.2. The van der Waals surface area contributed by atoms with Crippen LogP contribution in [-0.4, -0.2) is 9.55 Å². The minimum absolute atomic E-state index is 0.415. The van der Waals surface area contributed by atoms with Gasteiger partial charge in [-0.3, -0.25) is 0 Å². The first-order valence-electron chi connectivity index (χ1n) is 13.2. The third-order valence-corrected chi connectivity index (χ3v) is 7.69. The highest BCUT2D eigenvalue weighted by atomic mass is 16.3. The zero-order valence-electron chi connectivity index (χ0n) is 21.4. The molecule has 0 fully saturated rings. The Morgan fingerprint density at radius 2 is 1.35 bits per heavy atom. The standard InChI is InChI=1S/C36H21N3O/c37-21-27-16-15-26(22-38-27)24-8-5-7-23(19-24)25-9-6-10-28(20-25)39-32-13-3-1-12-31(32)35-33(39)18-17-30-29-11-2-4-14-34(29)40-36(30)35/h1-20,22H. The molecule has 3 aromatic heterocycles. The van der Waals surface area contributed by atoms with Crippen LogP contribution in [0.2, 0.25) is 0 Å². The van der Waals surface area contributed by atoms with E-state index < -0.39 is 0 Å². The molecule has 5 aromatic carbocycles. The van der Waals surface area contributed by atoms with E-state index in [0.717, 1.165) is 66.3 Å². The molecule has 186 valence electrons. The number of rotatable bonds is 3. The van der Waals surface area contributed by atoms with Crippen LogP contribution in [0.1, 0.15) is 5.69 Å². The summed E-state index contributed by atoms with van der Waals surface area (Å²) in [5.74, 6) is 0. The number of hydrogen-bond acceptors (Lipinski definition) is 3. The predicted octanol–water partition coefficient (Wildman–Crippen LogP) is 9.28. The van der Waals surface area contributed by atoms with E-state index in [1.165, 1.54) is 5.39 Å². The molecule has 0 saturated heterocycles. The number of nitrogens with zero attached hydrogens (tertiary/aromatic N) is 3. The lowest BCUT2D eigenvalue weighted by molar-refractivity contribution is 0.673. The quantitative estimate of drug-likeness (QED) is 0.237. The SMILES string of the molecule is N#Cc1ccc(-c2cccc(-c3cccc(-n4c5ccccc5c5c6oc7ccccc7c6ccc54)c3)c2)cn1. The van der Waals surface area contributed by atoms with Crippen LogP contribution < -0.4 is 0 Å². The van der Waals surface area contributed by atoms with E-state index in [0.29, 0.717) is 5.69 Å². The maximum absolute atomic E-state index is 9.09. The van der Waals surface area contributed by atoms with Crippen molar-refractivity contribution < 1.29 is 4.42 Å². The molecule has 0 bridgehead atoms. The molecule has 8 rings (SSSR count). The van der Waals surface area contributed by atoms with Crippen molar-refractivity contribution in [3.63, 3.8) is 0 Å². The molecule has 8 aromatic rings. The highest BCUT2D eigenvalue weighted by Crippen LogP contribution is 2.40. The molecule has 0 N–H and O–H groups in total. The van der Waals surface area contributed by atoms with Gasteiger partial charge in [0, 0.05) is 33.6 Å². The Labute approximate surface area is 230 Å². The van der Waals surface area contributed by atoms with Gasteiger partial charge in [0.2, 0.25) is 0 Å². The van der Waals surface area contributed by atoms with E-state index in [1.54, 1.807) is 12.3 Å². The number of hydrogen-bond donors (Lipinski definition) is 0. The maximum atomic E-state index is 9.09. The number of aromatic nitrogens is 2. The summed E-state index contributed by atoms with van der Waals surface area (Å²) in [7, 11) is 0. The van der Waals surface area contributed by atoms with Crippen LogP contribution in [0.5, 0.6) is 0 Å². The molecule has 0 aliphatic carbocycles. The first kappa shape index (κ1) is 22.3. The van der Waals surface area contributed by atoms with Crippen LogP contribution >= 0.6 is 0 Å². The zero-order chi connectivity index (χ0) is 26.6. The first-order chi connectivity index (χ1) is 19.8. The van der Waals surface area contributed by atoms with Crippen LogP contribution in [0, 0.1) is 11.3 Å². The Morgan fingerprint density at radius 3 is 2.17 bits per heavy atom. The fourth-order valence-corrected chi connectivity index (χ4v) is 5.85. The Hall–Kier alpha value is -5.66. The number of benzene rings is 5. The summed E-state index contributed by atoms with van der Waals surface area (Å²) < 4.78 is 8.78. The number of fused-ring (bicyclic) bond motifs is 7. The van der Waals surface area contributed by atoms with Gasteiger partial charge in [-0.25, -0.2) is 4.98 Å². The summed E-state index contributed by atoms with van der Waals surface area (Å²) in [6.07, 6.45) is 1.75. The summed E-state index contributed by atoms with van der Waals surface area (Å²) in [5.41, 5.74) is 9.86. The van der Waals surface area contributed by atoms with Crippen LogP contribution in [0.25, 0.3) is 71.7 Å². The van der Waals surface area contributed by atoms with Gasteiger partial charge in [0.15, 0.2) is 0 Å². The van der Waals surface area contributed by atoms with Crippen molar-refractivity contribution in [2.75, 3.05) is 0 Å². The third-order valence-electron chi connectivity index (χ3n) is 7.69. The molecular weight excluding hydrogens is 490 g/mol. The molecule has 3 heterocycles. The minimum Gasteiger partial charge on any atom is -0.455 e. The van der Waals surface area contributed by atoms with Gasteiger partial charge in [0.25, 0.3) is 0 Å². The lowest BCUT2D eigenvalue weighted by Crippen LogP contribution is -1.94. The van der Waals surface area contributed by atoms with Crippen LogP contribution in [0.4, 0.5) is 0 Å². The topological polar surface area (TPSA) is 54.8 Å². The fourth-order valence-electron chi connectivity index (χ4n) is 5.85. The second-order valence-electron chi connectivity index (χ2n) is 9.96. The normalized spacial score (nSPS) is 11.5. The van der Waals surface area contributed by atoms with E-state index in [2.05, 4.69) is 113 Å². The molecular formula is C36H21N3O. The van der Waals surface area contributed by atoms with Crippen molar-refractivity contribution in [2.45, 2.75) is 0 Å². The van der Waals surface area contributed by atoms with Gasteiger partial charge in [-0.2, -0.15) is 5.26 Å². The van der Waals surface area contributed by atoms with Gasteiger partial charge in [0.1, 0.15) is 22.9 Å². The molecule has 0 spiro atoms. The van der Waals surface area contributed by atoms with Gasteiger partial charge in [-0.05, 0) is 71.3 Å². The minimum atomic E-state index is 0.415. The van der Waals surface area contributed by atoms with E-state index in [9.17, 15) is 0 Å². The van der Waals surface area contributed by atoms with E-state index >= 15 is 0 Å². The van der Waals surface area contributed by atoms with Gasteiger partial charge >= 0.3 is 0 Å². The summed E-state index contributed by atoms with van der Waals surface area (Å²) >= 11 is 0. The lowest BCUT2D eigenvalue weighted by atomic mass is 9.99. The average molecular weight is 512 g/mol. The van der Waals surface area contributed by atoms with Crippen molar-refractivity contribution in [2.24, 2.45) is 0 Å². The Kier molecular flexibility index (Phi) is 4.85. The van der Waals surface area contributed by atoms with Crippen molar-refractivity contribution in [3.8, 4) is 34.0 Å². The summed E-state index contributed by atoms with van der Waals surface area (Å²) in [6.45, 7) is 0. The summed E-state index contributed by atoms with van der Waals surface area (Å²) in [6, 6.07) is 44.0. The monoisotopic (exact) mass is 511 g/mol. The van der Waals surface area contributed by atoms with E-state index in [-0.39, 0.29) is 0 Å². The van der Waals surface area contributed by atoms with E-state index in [1.807, 2.05) is 18.2 Å². The number of pyridine rings is 1. The van der Waals surface area contributed by atoms with Gasteiger partial charge in [-0.15, -0.1) is 0 Å². The molecule has 40 heavy (non-hydrogen) atoms. The summed E-state index contributed by atoms with van der Waals surface area (Å²) in [4.78, 5) is 4.24. The largest absolute Gasteiger partial charge is 0.455 e. The molecule has 0 saturated carbocycles. The predicted molar refractivity (Wildman–Crippen MR) is 161 cm³/mol. The van der Waals surface area contributed by atoms with Crippen molar-refractivity contribution >= 4 is 43.7 Å². The molecule has 0 aliphatic rings. The molecule has 0 atom stereocenters. The second-order valence-corrected chi connectivity index (χ2v) is 9.96. The van der Waals surface area contributed by atoms with Gasteiger partial charge in [0.05, 0.1) is 16.4 Å². The highest BCUT2D eigenvalue weighted by molar-refractivity contribution is 6.23. The molecule has 0 unspecified atom stereocenters. The van der Waals surface area contributed by atoms with E-state index in [4.69, 9.17) is 9.68 Å². The van der Waals surface area contributed by atoms with Crippen LogP contribution in [0.15, 0.2) is 132 Å². The van der Waals surface area contributed by atoms with Gasteiger partial charge in [-0.1, -0.05) is 66.7 Å². The van der Waals surface area contributed by atoms with Gasteiger partial charge < -0.3 is 8.98 Å². The van der Waals surface area contributed by atoms with Crippen molar-refractivity contribution in [3.05, 3.63) is 133 Å². The second kappa shape index (κ2) is 8.69. The van der Waals surface area contributed by atoms with Crippen LogP contribution in [-0.2, 0) is 0 Å².